The number of imidazole rings is 1. The lowest BCUT2D eigenvalue weighted by Gasteiger charge is -2.02. The van der Waals surface area contributed by atoms with Gasteiger partial charge in [-0.2, -0.15) is 8.78 Å². The minimum atomic E-state index is -2.65. The highest BCUT2D eigenvalue weighted by Gasteiger charge is 2.14. The Morgan fingerprint density at radius 3 is 2.69 bits per heavy atom. The van der Waals surface area contributed by atoms with Crippen molar-refractivity contribution in [2.24, 2.45) is 0 Å². The van der Waals surface area contributed by atoms with E-state index in [1.165, 1.54) is 0 Å². The van der Waals surface area contributed by atoms with E-state index in [2.05, 4.69) is 4.98 Å². The van der Waals surface area contributed by atoms with Crippen LogP contribution in [0.1, 0.15) is 6.55 Å². The second-order valence-corrected chi connectivity index (χ2v) is 2.61. The minimum Gasteiger partial charge on any atom is -0.369 e. The minimum absolute atomic E-state index is 0.156. The average Bonchev–Trinajstić information content (AvgIpc) is 2.39. The van der Waals surface area contributed by atoms with E-state index in [0.717, 1.165) is 0 Å². The third-order valence-corrected chi connectivity index (χ3v) is 1.82. The number of aromatic nitrogens is 2. The Bertz CT molecular complexity index is 436. The molecule has 1 heterocycles. The number of halogens is 2. The third kappa shape index (κ3) is 1.12. The summed E-state index contributed by atoms with van der Waals surface area (Å²) >= 11 is 0. The van der Waals surface area contributed by atoms with Gasteiger partial charge in [0.05, 0.1) is 11.0 Å². The molecular formula is C8H7F2N3. The Hall–Kier alpha value is -1.65. The molecule has 0 aliphatic rings. The van der Waals surface area contributed by atoms with Gasteiger partial charge in [-0.05, 0) is 12.1 Å². The first-order valence-electron chi connectivity index (χ1n) is 3.71. The zero-order valence-corrected chi connectivity index (χ0v) is 6.61. The van der Waals surface area contributed by atoms with Gasteiger partial charge in [0, 0.05) is 0 Å². The average molecular weight is 183 g/mol. The lowest BCUT2D eigenvalue weighted by molar-refractivity contribution is 0.0770. The molecule has 0 amide bonds. The number of anilines is 1. The molecule has 1 aromatic carbocycles. The number of benzene rings is 1. The highest BCUT2D eigenvalue weighted by atomic mass is 19.3. The molecule has 0 fully saturated rings. The number of rotatable bonds is 1. The van der Waals surface area contributed by atoms with Crippen molar-refractivity contribution in [2.75, 3.05) is 5.73 Å². The maximum absolute atomic E-state index is 12.4. The number of alkyl halides is 2. The van der Waals surface area contributed by atoms with Crippen LogP contribution in [0.25, 0.3) is 11.0 Å². The second kappa shape index (κ2) is 2.69. The second-order valence-electron chi connectivity index (χ2n) is 2.61. The highest BCUT2D eigenvalue weighted by Crippen LogP contribution is 2.23. The number of hydrogen-bond donors (Lipinski definition) is 1. The van der Waals surface area contributed by atoms with Crippen LogP contribution in [-0.4, -0.2) is 9.55 Å². The molecular weight excluding hydrogens is 176 g/mol. The van der Waals surface area contributed by atoms with Crippen LogP contribution in [0.3, 0.4) is 0 Å². The molecule has 0 aliphatic heterocycles. The first-order chi connectivity index (χ1) is 6.20. The zero-order chi connectivity index (χ0) is 9.42. The number of hydrogen-bond acceptors (Lipinski definition) is 2. The van der Waals surface area contributed by atoms with E-state index in [9.17, 15) is 8.78 Å². The van der Waals surface area contributed by atoms with Crippen LogP contribution in [0.2, 0.25) is 0 Å². The van der Waals surface area contributed by atoms with Crippen LogP contribution in [0.15, 0.2) is 24.3 Å². The molecule has 0 aliphatic carbocycles. The van der Waals surface area contributed by atoms with Gasteiger partial charge in [-0.1, -0.05) is 12.1 Å². The van der Waals surface area contributed by atoms with Gasteiger partial charge >= 0.3 is 6.55 Å². The summed E-state index contributed by atoms with van der Waals surface area (Å²) < 4.78 is 25.6. The smallest absolute Gasteiger partial charge is 0.321 e. The number of nitrogens with two attached hydrogens (primary N) is 1. The van der Waals surface area contributed by atoms with E-state index in [4.69, 9.17) is 5.73 Å². The van der Waals surface area contributed by atoms with E-state index in [0.29, 0.717) is 15.6 Å². The topological polar surface area (TPSA) is 43.8 Å². The molecule has 5 heteroatoms. The van der Waals surface area contributed by atoms with E-state index in [1.807, 2.05) is 0 Å². The predicted molar refractivity (Wildman–Crippen MR) is 45.4 cm³/mol. The number of nitrogen functional groups attached to an aromatic ring is 1. The molecule has 0 unspecified atom stereocenters. The van der Waals surface area contributed by atoms with E-state index in [-0.39, 0.29) is 5.95 Å². The summed E-state index contributed by atoms with van der Waals surface area (Å²) in [6.07, 6.45) is 0. The first-order valence-corrected chi connectivity index (χ1v) is 3.71. The van der Waals surface area contributed by atoms with Crippen molar-refractivity contribution < 1.29 is 8.78 Å². The van der Waals surface area contributed by atoms with Gasteiger partial charge in [0.1, 0.15) is 0 Å². The van der Waals surface area contributed by atoms with Crippen molar-refractivity contribution in [3.05, 3.63) is 24.3 Å². The molecule has 0 bridgehead atoms. The standard InChI is InChI=1S/C8H7F2N3/c9-7(10)13-6-4-2-1-3-5(6)12-8(13)11/h1-4,7H,(H2,11,12). The molecule has 0 atom stereocenters. The Morgan fingerprint density at radius 1 is 1.31 bits per heavy atom. The Balaban J connectivity index is 2.78. The van der Waals surface area contributed by atoms with Gasteiger partial charge < -0.3 is 5.73 Å². The SMILES string of the molecule is Nc1nc2ccccc2n1C(F)F. The summed E-state index contributed by atoms with van der Waals surface area (Å²) in [6, 6.07) is 6.60. The van der Waals surface area contributed by atoms with Crippen molar-refractivity contribution in [3.63, 3.8) is 0 Å². The lowest BCUT2D eigenvalue weighted by atomic mass is 10.3. The number of nitrogens with zero attached hydrogens (tertiary/aromatic N) is 2. The molecule has 0 spiro atoms. The Morgan fingerprint density at radius 2 is 2.00 bits per heavy atom. The molecule has 0 saturated carbocycles. The van der Waals surface area contributed by atoms with Gasteiger partial charge in [0.25, 0.3) is 0 Å². The fraction of sp³-hybridized carbons (Fsp3) is 0.125. The summed E-state index contributed by atoms with van der Waals surface area (Å²) in [7, 11) is 0. The monoisotopic (exact) mass is 183 g/mol. The first kappa shape index (κ1) is 7.97. The van der Waals surface area contributed by atoms with E-state index >= 15 is 0 Å². The Labute approximate surface area is 72.8 Å². The summed E-state index contributed by atoms with van der Waals surface area (Å²) in [5, 5.41) is 0. The molecule has 2 aromatic rings. The summed E-state index contributed by atoms with van der Waals surface area (Å²) in [5.41, 5.74) is 6.17. The largest absolute Gasteiger partial charge is 0.369 e. The molecule has 13 heavy (non-hydrogen) atoms. The van der Waals surface area contributed by atoms with Crippen molar-refractivity contribution in [3.8, 4) is 0 Å². The quantitative estimate of drug-likeness (QED) is 0.734. The Kier molecular flexibility index (Phi) is 1.65. The van der Waals surface area contributed by atoms with Gasteiger partial charge in [-0.3, -0.25) is 4.57 Å². The van der Waals surface area contributed by atoms with Crippen LogP contribution in [0.4, 0.5) is 14.7 Å². The normalized spacial score (nSPS) is 11.3. The van der Waals surface area contributed by atoms with Gasteiger partial charge in [0.2, 0.25) is 5.95 Å². The van der Waals surface area contributed by atoms with Crippen LogP contribution in [0.5, 0.6) is 0 Å². The number of fused-ring (bicyclic) bond motifs is 1. The van der Waals surface area contributed by atoms with Crippen molar-refractivity contribution >= 4 is 17.0 Å². The molecule has 2 rings (SSSR count). The van der Waals surface area contributed by atoms with Gasteiger partial charge in [-0.15, -0.1) is 0 Å². The molecule has 1 aromatic heterocycles. The maximum atomic E-state index is 12.4. The molecule has 2 N–H and O–H groups in total. The molecule has 68 valence electrons. The van der Waals surface area contributed by atoms with Crippen molar-refractivity contribution in [2.45, 2.75) is 6.55 Å². The predicted octanol–water partition coefficient (Wildman–Crippen LogP) is 2.01. The molecule has 0 radical (unpaired) electrons. The van der Waals surface area contributed by atoms with E-state index in [1.54, 1.807) is 24.3 Å². The van der Waals surface area contributed by atoms with Crippen LogP contribution >= 0.6 is 0 Å². The maximum Gasteiger partial charge on any atom is 0.321 e. The zero-order valence-electron chi connectivity index (χ0n) is 6.61. The fourth-order valence-corrected chi connectivity index (χ4v) is 1.27. The third-order valence-electron chi connectivity index (χ3n) is 1.82. The van der Waals surface area contributed by atoms with E-state index < -0.39 is 6.55 Å². The van der Waals surface area contributed by atoms with Crippen molar-refractivity contribution in [1.82, 2.24) is 9.55 Å². The summed E-state index contributed by atoms with van der Waals surface area (Å²) in [5.74, 6) is -0.156. The number of para-hydroxylation sites is 2. The van der Waals surface area contributed by atoms with Crippen molar-refractivity contribution in [1.29, 1.82) is 0 Å². The molecule has 3 nitrogen and oxygen atoms in total. The van der Waals surface area contributed by atoms with Crippen LogP contribution in [0, 0.1) is 0 Å². The highest BCUT2D eigenvalue weighted by molar-refractivity contribution is 5.78. The summed E-state index contributed by atoms with van der Waals surface area (Å²) in [6.45, 7) is -2.65. The van der Waals surface area contributed by atoms with Crippen LogP contribution < -0.4 is 5.73 Å². The fourth-order valence-electron chi connectivity index (χ4n) is 1.27. The summed E-state index contributed by atoms with van der Waals surface area (Å²) in [4.78, 5) is 3.80. The van der Waals surface area contributed by atoms with Gasteiger partial charge in [0.15, 0.2) is 0 Å². The lowest BCUT2D eigenvalue weighted by Crippen LogP contribution is -2.03. The van der Waals surface area contributed by atoms with Crippen LogP contribution in [-0.2, 0) is 0 Å². The van der Waals surface area contributed by atoms with Gasteiger partial charge in [-0.25, -0.2) is 4.98 Å². The molecule has 0 saturated heterocycles.